The molecule has 1 aliphatic heterocycles. The number of hydrogen-bond donors (Lipinski definition) is 2. The molecule has 2 aromatic heterocycles. The molecule has 0 spiro atoms. The maximum absolute atomic E-state index is 11.5. The molecule has 0 aliphatic carbocycles. The molecule has 158 valence electrons. The molecule has 0 fully saturated rings. The third kappa shape index (κ3) is 5.14. The number of nitrogens with one attached hydrogen (secondary N) is 2. The lowest BCUT2D eigenvalue weighted by Crippen LogP contribution is -2.07. The summed E-state index contributed by atoms with van der Waals surface area (Å²) in [6, 6.07) is 7.02. The lowest BCUT2D eigenvalue weighted by Gasteiger charge is -2.17. The van der Waals surface area contributed by atoms with Crippen LogP contribution in [0.15, 0.2) is 61.6 Å². The number of nitrogens with zero attached hydrogens (tertiary/aromatic N) is 4. The Balaban J connectivity index is 1.61. The Morgan fingerprint density at radius 3 is 2.77 bits per heavy atom. The number of carbonyl (C=O) groups excluding carboxylic acids is 1. The Morgan fingerprint density at radius 1 is 1.26 bits per heavy atom. The standard InChI is InChI=1S/C22H22N6O3/c1-3-20(29)25-16-4-6-18(7-5-16)31-21-19(15-8-10-30-11-9-15)13-23-22(27-21)26-17-12-24-28(2)14-17/h3-8,12-14H,1,9-11H2,2H3,(H,25,29)(H,23,26,27). The van der Waals surface area contributed by atoms with E-state index < -0.39 is 0 Å². The predicted octanol–water partition coefficient (Wildman–Crippen LogP) is 3.67. The van der Waals surface area contributed by atoms with Gasteiger partial charge in [-0.15, -0.1) is 0 Å². The van der Waals surface area contributed by atoms with Gasteiger partial charge in [0.05, 0.1) is 30.7 Å². The van der Waals surface area contributed by atoms with Crippen LogP contribution in [0.4, 0.5) is 17.3 Å². The average molecular weight is 418 g/mol. The summed E-state index contributed by atoms with van der Waals surface area (Å²) in [5.41, 5.74) is 3.30. The van der Waals surface area contributed by atoms with Gasteiger partial charge < -0.3 is 20.1 Å². The number of ether oxygens (including phenoxy) is 2. The van der Waals surface area contributed by atoms with Gasteiger partial charge in [0.25, 0.3) is 0 Å². The summed E-state index contributed by atoms with van der Waals surface area (Å²) in [7, 11) is 1.84. The molecular formula is C22H22N6O3. The van der Waals surface area contributed by atoms with Gasteiger partial charge in [-0.2, -0.15) is 10.1 Å². The fraction of sp³-hybridized carbons (Fsp3) is 0.182. The van der Waals surface area contributed by atoms with Crippen molar-refractivity contribution in [3.05, 3.63) is 67.2 Å². The maximum atomic E-state index is 11.5. The Hall–Kier alpha value is -3.98. The van der Waals surface area contributed by atoms with Crippen molar-refractivity contribution < 1.29 is 14.3 Å². The molecule has 0 atom stereocenters. The maximum Gasteiger partial charge on any atom is 0.247 e. The van der Waals surface area contributed by atoms with Gasteiger partial charge in [0.2, 0.25) is 17.7 Å². The van der Waals surface area contributed by atoms with Crippen molar-refractivity contribution in [2.24, 2.45) is 7.05 Å². The second-order valence-electron chi connectivity index (χ2n) is 6.81. The van der Waals surface area contributed by atoms with Gasteiger partial charge in [-0.25, -0.2) is 4.98 Å². The molecule has 9 heteroatoms. The molecule has 31 heavy (non-hydrogen) atoms. The molecule has 1 aromatic carbocycles. The van der Waals surface area contributed by atoms with Crippen LogP contribution in [-0.2, 0) is 16.6 Å². The van der Waals surface area contributed by atoms with Crippen LogP contribution in [0.2, 0.25) is 0 Å². The van der Waals surface area contributed by atoms with E-state index in [1.54, 1.807) is 41.3 Å². The summed E-state index contributed by atoms with van der Waals surface area (Å²) >= 11 is 0. The Kier molecular flexibility index (Phi) is 6.04. The van der Waals surface area contributed by atoms with Crippen molar-refractivity contribution in [2.45, 2.75) is 6.42 Å². The minimum absolute atomic E-state index is 0.274. The second kappa shape index (κ2) is 9.23. The molecule has 4 rings (SSSR count). The summed E-state index contributed by atoms with van der Waals surface area (Å²) in [6.45, 7) is 4.63. The van der Waals surface area contributed by atoms with Gasteiger partial charge in [-0.1, -0.05) is 12.7 Å². The first-order valence-electron chi connectivity index (χ1n) is 9.72. The highest BCUT2D eigenvalue weighted by Gasteiger charge is 2.16. The normalized spacial score (nSPS) is 13.3. The summed E-state index contributed by atoms with van der Waals surface area (Å²) in [5.74, 6) is 1.13. The first-order valence-corrected chi connectivity index (χ1v) is 9.72. The van der Waals surface area contributed by atoms with Crippen molar-refractivity contribution >= 4 is 28.8 Å². The number of rotatable bonds is 7. The van der Waals surface area contributed by atoms with E-state index in [-0.39, 0.29) is 5.91 Å². The quantitative estimate of drug-likeness (QED) is 0.564. The van der Waals surface area contributed by atoms with E-state index >= 15 is 0 Å². The van der Waals surface area contributed by atoms with Crippen LogP contribution in [0.5, 0.6) is 11.6 Å². The van der Waals surface area contributed by atoms with Crippen LogP contribution in [-0.4, -0.2) is 38.9 Å². The first kappa shape index (κ1) is 20.3. The highest BCUT2D eigenvalue weighted by molar-refractivity contribution is 5.98. The van der Waals surface area contributed by atoms with E-state index in [2.05, 4.69) is 32.3 Å². The number of amides is 1. The van der Waals surface area contributed by atoms with Crippen molar-refractivity contribution in [1.82, 2.24) is 19.7 Å². The van der Waals surface area contributed by atoms with E-state index in [1.165, 1.54) is 6.08 Å². The molecular weight excluding hydrogens is 396 g/mol. The third-order valence-corrected chi connectivity index (χ3v) is 4.55. The van der Waals surface area contributed by atoms with Gasteiger partial charge in [-0.05, 0) is 42.3 Å². The number of hydrogen-bond acceptors (Lipinski definition) is 7. The van der Waals surface area contributed by atoms with Gasteiger partial charge in [0.1, 0.15) is 5.75 Å². The van der Waals surface area contributed by atoms with Crippen LogP contribution in [0.25, 0.3) is 5.57 Å². The highest BCUT2D eigenvalue weighted by Crippen LogP contribution is 2.32. The highest BCUT2D eigenvalue weighted by atomic mass is 16.5. The molecule has 1 amide bonds. The number of aryl methyl sites for hydroxylation is 1. The van der Waals surface area contributed by atoms with Crippen molar-refractivity contribution in [1.29, 1.82) is 0 Å². The van der Waals surface area contributed by atoms with E-state index in [1.807, 2.05) is 19.3 Å². The van der Waals surface area contributed by atoms with Crippen LogP contribution in [0.1, 0.15) is 12.0 Å². The van der Waals surface area contributed by atoms with E-state index in [9.17, 15) is 4.79 Å². The number of aromatic nitrogens is 4. The fourth-order valence-electron chi connectivity index (χ4n) is 3.02. The molecule has 0 radical (unpaired) electrons. The zero-order valence-electron chi connectivity index (χ0n) is 17.0. The number of benzene rings is 1. The largest absolute Gasteiger partial charge is 0.438 e. The molecule has 0 unspecified atom stereocenters. The van der Waals surface area contributed by atoms with Crippen molar-refractivity contribution in [3.63, 3.8) is 0 Å². The summed E-state index contributed by atoms with van der Waals surface area (Å²) < 4.78 is 13.2. The van der Waals surface area contributed by atoms with E-state index in [4.69, 9.17) is 9.47 Å². The summed E-state index contributed by atoms with van der Waals surface area (Å²) in [6.07, 6.45) is 9.25. The predicted molar refractivity (Wildman–Crippen MR) is 117 cm³/mol. The zero-order valence-corrected chi connectivity index (χ0v) is 17.0. The fourth-order valence-corrected chi connectivity index (χ4v) is 3.02. The number of carbonyl (C=O) groups is 1. The molecule has 3 heterocycles. The topological polar surface area (TPSA) is 103 Å². The number of anilines is 3. The minimum Gasteiger partial charge on any atom is -0.438 e. The van der Waals surface area contributed by atoms with Gasteiger partial charge in [0, 0.05) is 25.1 Å². The molecule has 0 saturated heterocycles. The van der Waals surface area contributed by atoms with E-state index in [0.29, 0.717) is 36.5 Å². The minimum atomic E-state index is -0.274. The lowest BCUT2D eigenvalue weighted by molar-refractivity contribution is -0.111. The van der Waals surface area contributed by atoms with Crippen LogP contribution < -0.4 is 15.4 Å². The Bertz CT molecular complexity index is 1120. The van der Waals surface area contributed by atoms with Crippen molar-refractivity contribution in [2.75, 3.05) is 23.8 Å². The molecule has 9 nitrogen and oxygen atoms in total. The van der Waals surface area contributed by atoms with Crippen LogP contribution >= 0.6 is 0 Å². The van der Waals surface area contributed by atoms with Crippen LogP contribution in [0, 0.1) is 0 Å². The Morgan fingerprint density at radius 2 is 2.10 bits per heavy atom. The molecule has 3 aromatic rings. The molecule has 1 aliphatic rings. The van der Waals surface area contributed by atoms with Gasteiger partial charge >= 0.3 is 0 Å². The summed E-state index contributed by atoms with van der Waals surface area (Å²) in [5, 5.41) is 9.97. The summed E-state index contributed by atoms with van der Waals surface area (Å²) in [4.78, 5) is 20.5. The zero-order chi connectivity index (χ0) is 21.6. The molecule has 0 bridgehead atoms. The molecule has 0 saturated carbocycles. The van der Waals surface area contributed by atoms with E-state index in [0.717, 1.165) is 23.2 Å². The van der Waals surface area contributed by atoms with Gasteiger partial charge in [0.15, 0.2) is 0 Å². The van der Waals surface area contributed by atoms with Gasteiger partial charge in [-0.3, -0.25) is 9.48 Å². The van der Waals surface area contributed by atoms with Crippen molar-refractivity contribution in [3.8, 4) is 11.6 Å². The Labute approximate surface area is 179 Å². The monoisotopic (exact) mass is 418 g/mol. The van der Waals surface area contributed by atoms with Crippen LogP contribution in [0.3, 0.4) is 0 Å². The first-order chi connectivity index (χ1) is 15.1. The SMILES string of the molecule is C=CC(=O)Nc1ccc(Oc2nc(Nc3cnn(C)c3)ncc2C2=CCOCC2)cc1. The third-order valence-electron chi connectivity index (χ3n) is 4.55. The molecule has 2 N–H and O–H groups in total. The smallest absolute Gasteiger partial charge is 0.247 e. The second-order valence-corrected chi connectivity index (χ2v) is 6.81. The lowest BCUT2D eigenvalue weighted by atomic mass is 10.0. The average Bonchev–Trinajstić information content (AvgIpc) is 3.20.